The molecule has 4 N–H and O–H groups in total. The summed E-state index contributed by atoms with van der Waals surface area (Å²) in [5, 5.41) is 6.32. The van der Waals surface area contributed by atoms with E-state index >= 15 is 0 Å². The summed E-state index contributed by atoms with van der Waals surface area (Å²) in [6.45, 7) is 2.18. The topological polar surface area (TPSA) is 84.2 Å². The molecule has 7 heteroatoms. The van der Waals surface area contributed by atoms with Crippen LogP contribution in [0.4, 0.5) is 5.69 Å². The minimum Gasteiger partial charge on any atom is -0.355 e. The number of amides is 2. The van der Waals surface area contributed by atoms with E-state index in [0.29, 0.717) is 29.1 Å². The molecule has 5 nitrogen and oxygen atoms in total. The maximum absolute atomic E-state index is 12.3. The highest BCUT2D eigenvalue weighted by molar-refractivity contribution is 6.31. The minimum absolute atomic E-state index is 0. The third kappa shape index (κ3) is 4.27. The molecule has 2 amide bonds. The van der Waals surface area contributed by atoms with Gasteiger partial charge in [0.15, 0.2) is 0 Å². The molecular formula is C18H25Cl2N3O2. The maximum atomic E-state index is 12.3. The molecule has 25 heavy (non-hydrogen) atoms. The fourth-order valence-corrected chi connectivity index (χ4v) is 4.27. The van der Waals surface area contributed by atoms with E-state index < -0.39 is 0 Å². The number of benzene rings is 1. The van der Waals surface area contributed by atoms with Crippen molar-refractivity contribution in [2.75, 3.05) is 11.9 Å². The molecule has 138 valence electrons. The second-order valence-corrected chi connectivity index (χ2v) is 7.35. The van der Waals surface area contributed by atoms with Gasteiger partial charge in [0.1, 0.15) is 0 Å². The van der Waals surface area contributed by atoms with Crippen molar-refractivity contribution in [2.45, 2.75) is 38.6 Å². The van der Waals surface area contributed by atoms with Crippen LogP contribution >= 0.6 is 24.0 Å². The van der Waals surface area contributed by atoms with Crippen LogP contribution in [0.1, 0.15) is 31.2 Å². The molecule has 1 aromatic carbocycles. The Labute approximate surface area is 159 Å². The molecule has 0 saturated heterocycles. The van der Waals surface area contributed by atoms with Gasteiger partial charge in [0, 0.05) is 29.7 Å². The first-order valence-electron chi connectivity index (χ1n) is 8.55. The van der Waals surface area contributed by atoms with Crippen LogP contribution in [0, 0.1) is 24.7 Å². The molecule has 0 radical (unpaired) electrons. The fourth-order valence-electron chi connectivity index (χ4n) is 4.10. The first-order chi connectivity index (χ1) is 11.5. The van der Waals surface area contributed by atoms with Gasteiger partial charge in [-0.05, 0) is 55.7 Å². The van der Waals surface area contributed by atoms with Gasteiger partial charge >= 0.3 is 0 Å². The third-order valence-corrected chi connectivity index (χ3v) is 5.89. The standard InChI is InChI=1S/C18H24ClN3O2.ClH/c1-10-13(19)3-2-4-14(10)22-15(23)7-8-21-18(24)16-11-5-6-12(9-11)17(16)20;/h2-4,11-12,16-17H,5-9,20H2,1H3,(H,21,24)(H,22,23);1H. The fraction of sp³-hybridized carbons (Fsp3) is 0.556. The number of rotatable bonds is 5. The maximum Gasteiger partial charge on any atom is 0.226 e. The Morgan fingerprint density at radius 2 is 2.00 bits per heavy atom. The lowest BCUT2D eigenvalue weighted by Crippen LogP contribution is -2.45. The molecule has 3 rings (SSSR count). The summed E-state index contributed by atoms with van der Waals surface area (Å²) >= 11 is 6.04. The Kier molecular flexibility index (Phi) is 6.72. The molecule has 4 unspecified atom stereocenters. The second-order valence-electron chi connectivity index (χ2n) is 6.94. The predicted octanol–water partition coefficient (Wildman–Crippen LogP) is 2.89. The number of nitrogens with one attached hydrogen (secondary N) is 2. The number of carbonyl (C=O) groups is 2. The number of nitrogens with two attached hydrogens (primary N) is 1. The smallest absolute Gasteiger partial charge is 0.226 e. The molecule has 2 bridgehead atoms. The molecule has 0 aliphatic heterocycles. The van der Waals surface area contributed by atoms with Crippen molar-refractivity contribution in [1.29, 1.82) is 0 Å². The van der Waals surface area contributed by atoms with E-state index in [1.165, 1.54) is 0 Å². The summed E-state index contributed by atoms with van der Waals surface area (Å²) < 4.78 is 0. The highest BCUT2D eigenvalue weighted by Crippen LogP contribution is 2.47. The normalized spacial score (nSPS) is 26.8. The average Bonchev–Trinajstić information content (AvgIpc) is 3.12. The van der Waals surface area contributed by atoms with E-state index in [9.17, 15) is 9.59 Å². The van der Waals surface area contributed by atoms with Gasteiger partial charge in [-0.15, -0.1) is 12.4 Å². The lowest BCUT2D eigenvalue weighted by molar-refractivity contribution is -0.127. The molecule has 0 aromatic heterocycles. The predicted molar refractivity (Wildman–Crippen MR) is 102 cm³/mol. The van der Waals surface area contributed by atoms with Gasteiger partial charge in [0.05, 0.1) is 5.92 Å². The van der Waals surface area contributed by atoms with Crippen LogP contribution in [0.2, 0.25) is 5.02 Å². The van der Waals surface area contributed by atoms with Crippen LogP contribution in [0.15, 0.2) is 18.2 Å². The molecule has 0 spiro atoms. The van der Waals surface area contributed by atoms with E-state index in [1.54, 1.807) is 12.1 Å². The van der Waals surface area contributed by atoms with Crippen LogP contribution in [-0.4, -0.2) is 24.4 Å². The molecule has 1 aromatic rings. The van der Waals surface area contributed by atoms with E-state index in [-0.39, 0.29) is 42.6 Å². The monoisotopic (exact) mass is 385 g/mol. The van der Waals surface area contributed by atoms with Gasteiger partial charge in [-0.1, -0.05) is 17.7 Å². The number of carbonyl (C=O) groups excluding carboxylic acids is 2. The SMILES string of the molecule is Cc1c(Cl)cccc1NC(=O)CCNC(=O)C1C2CCC(C2)C1N.Cl. The van der Waals surface area contributed by atoms with Crippen molar-refractivity contribution in [3.05, 3.63) is 28.8 Å². The minimum atomic E-state index is -0.141. The van der Waals surface area contributed by atoms with Crippen molar-refractivity contribution < 1.29 is 9.59 Å². The number of halogens is 2. The quantitative estimate of drug-likeness (QED) is 0.728. The summed E-state index contributed by atoms with van der Waals surface area (Å²) in [4.78, 5) is 24.4. The number of hydrogen-bond donors (Lipinski definition) is 3. The Hall–Kier alpha value is -1.30. The van der Waals surface area contributed by atoms with Gasteiger partial charge in [0.25, 0.3) is 0 Å². The van der Waals surface area contributed by atoms with Crippen molar-refractivity contribution >= 4 is 41.5 Å². The Morgan fingerprint density at radius 1 is 1.28 bits per heavy atom. The van der Waals surface area contributed by atoms with Gasteiger partial charge in [-0.2, -0.15) is 0 Å². The molecule has 2 aliphatic carbocycles. The largest absolute Gasteiger partial charge is 0.355 e. The van der Waals surface area contributed by atoms with Gasteiger partial charge in [-0.3, -0.25) is 9.59 Å². The van der Waals surface area contributed by atoms with Crippen molar-refractivity contribution in [3.8, 4) is 0 Å². The number of hydrogen-bond acceptors (Lipinski definition) is 3. The Balaban J connectivity index is 0.00000225. The lowest BCUT2D eigenvalue weighted by atomic mass is 9.84. The number of anilines is 1. The zero-order valence-electron chi connectivity index (χ0n) is 14.3. The van der Waals surface area contributed by atoms with Crippen LogP contribution in [-0.2, 0) is 9.59 Å². The van der Waals surface area contributed by atoms with Gasteiger partial charge in [0.2, 0.25) is 11.8 Å². The summed E-state index contributed by atoms with van der Waals surface area (Å²) in [5.74, 6) is 0.703. The highest BCUT2D eigenvalue weighted by atomic mass is 35.5. The summed E-state index contributed by atoms with van der Waals surface area (Å²) in [7, 11) is 0. The van der Waals surface area contributed by atoms with Crippen molar-refractivity contribution in [3.63, 3.8) is 0 Å². The van der Waals surface area contributed by atoms with Gasteiger partial charge < -0.3 is 16.4 Å². The lowest BCUT2D eigenvalue weighted by Gasteiger charge is -2.26. The molecule has 2 aliphatic rings. The zero-order chi connectivity index (χ0) is 17.3. The van der Waals surface area contributed by atoms with E-state index in [1.807, 2.05) is 13.0 Å². The molecule has 2 fully saturated rings. The van der Waals surface area contributed by atoms with Gasteiger partial charge in [-0.25, -0.2) is 0 Å². The highest BCUT2D eigenvalue weighted by Gasteiger charge is 2.48. The summed E-state index contributed by atoms with van der Waals surface area (Å²) in [5.41, 5.74) is 7.72. The van der Waals surface area contributed by atoms with Crippen LogP contribution in [0.25, 0.3) is 0 Å². The van der Waals surface area contributed by atoms with Crippen LogP contribution < -0.4 is 16.4 Å². The summed E-state index contributed by atoms with van der Waals surface area (Å²) in [6.07, 6.45) is 3.56. The van der Waals surface area contributed by atoms with Crippen molar-refractivity contribution in [1.82, 2.24) is 5.32 Å². The van der Waals surface area contributed by atoms with Crippen LogP contribution in [0.5, 0.6) is 0 Å². The molecular weight excluding hydrogens is 361 g/mol. The van der Waals surface area contributed by atoms with Crippen molar-refractivity contribution in [2.24, 2.45) is 23.5 Å². The average molecular weight is 386 g/mol. The second kappa shape index (κ2) is 8.39. The Morgan fingerprint density at radius 3 is 2.68 bits per heavy atom. The molecule has 0 heterocycles. The first-order valence-corrected chi connectivity index (χ1v) is 8.93. The van der Waals surface area contributed by atoms with Crippen LogP contribution in [0.3, 0.4) is 0 Å². The first kappa shape index (κ1) is 20.0. The molecule has 4 atom stereocenters. The zero-order valence-corrected chi connectivity index (χ0v) is 15.8. The third-order valence-electron chi connectivity index (χ3n) is 5.48. The summed E-state index contributed by atoms with van der Waals surface area (Å²) in [6, 6.07) is 5.37. The van der Waals surface area contributed by atoms with E-state index in [4.69, 9.17) is 17.3 Å². The number of fused-ring (bicyclic) bond motifs is 2. The molecule has 2 saturated carbocycles. The van der Waals surface area contributed by atoms with E-state index in [2.05, 4.69) is 10.6 Å². The Bertz CT molecular complexity index is 651. The van der Waals surface area contributed by atoms with E-state index in [0.717, 1.165) is 24.8 Å².